The van der Waals surface area contributed by atoms with Crippen molar-refractivity contribution in [3.8, 4) is 11.4 Å². The van der Waals surface area contributed by atoms with Crippen molar-refractivity contribution in [2.45, 2.75) is 6.92 Å². The van der Waals surface area contributed by atoms with Gasteiger partial charge in [0, 0.05) is 5.69 Å². The molecule has 92 valence electrons. The van der Waals surface area contributed by atoms with E-state index in [1.807, 2.05) is 0 Å². The Bertz CT molecular complexity index is 611. The van der Waals surface area contributed by atoms with Crippen molar-refractivity contribution in [1.29, 1.82) is 0 Å². The zero-order valence-corrected chi connectivity index (χ0v) is 10.1. The molecule has 0 unspecified atom stereocenters. The molecular weight excluding hydrogens is 259 g/mol. The van der Waals surface area contributed by atoms with Gasteiger partial charge in [0.05, 0.1) is 10.6 Å². The van der Waals surface area contributed by atoms with E-state index in [1.54, 1.807) is 6.92 Å². The molecule has 0 saturated carbocycles. The minimum atomic E-state index is -1.20. The fraction of sp³-hybridized carbons (Fsp3) is 0.0833. The third-order valence-corrected chi connectivity index (χ3v) is 2.57. The zero-order chi connectivity index (χ0) is 13.3. The van der Waals surface area contributed by atoms with Gasteiger partial charge in [0.15, 0.2) is 11.5 Å². The van der Waals surface area contributed by atoms with Gasteiger partial charge in [-0.1, -0.05) is 17.7 Å². The summed E-state index contributed by atoms with van der Waals surface area (Å²) in [5.41, 5.74) is 0.235. The van der Waals surface area contributed by atoms with E-state index in [0.717, 1.165) is 0 Å². The molecule has 0 aliphatic carbocycles. The van der Waals surface area contributed by atoms with Crippen molar-refractivity contribution in [3.05, 3.63) is 46.5 Å². The number of halogens is 2. The number of carboxylic acids is 1. The lowest BCUT2D eigenvalue weighted by molar-refractivity contribution is 0.0690. The SMILES string of the molecule is Cc1cc(C(=O)O)nc(-c2c(F)cccc2Cl)n1. The van der Waals surface area contributed by atoms with Gasteiger partial charge in [-0.15, -0.1) is 0 Å². The Kier molecular flexibility index (Phi) is 3.25. The van der Waals surface area contributed by atoms with Crippen LogP contribution >= 0.6 is 11.6 Å². The summed E-state index contributed by atoms with van der Waals surface area (Å²) in [6, 6.07) is 5.47. The Labute approximate surface area is 107 Å². The number of aromatic nitrogens is 2. The van der Waals surface area contributed by atoms with Gasteiger partial charge < -0.3 is 5.11 Å². The second-order valence-electron chi connectivity index (χ2n) is 3.62. The van der Waals surface area contributed by atoms with Crippen LogP contribution in [0.1, 0.15) is 16.2 Å². The standard InChI is InChI=1S/C12H8ClFN2O2/c1-6-5-9(12(17)18)16-11(15-6)10-7(13)3-2-4-8(10)14/h2-5H,1H3,(H,17,18). The first kappa shape index (κ1) is 12.4. The zero-order valence-electron chi connectivity index (χ0n) is 9.32. The highest BCUT2D eigenvalue weighted by Crippen LogP contribution is 2.28. The third kappa shape index (κ3) is 2.31. The number of nitrogens with zero attached hydrogens (tertiary/aromatic N) is 2. The third-order valence-electron chi connectivity index (χ3n) is 2.26. The molecule has 0 saturated heterocycles. The molecule has 4 nitrogen and oxygen atoms in total. The average molecular weight is 267 g/mol. The molecule has 0 aliphatic rings. The molecule has 6 heteroatoms. The highest BCUT2D eigenvalue weighted by atomic mass is 35.5. The summed E-state index contributed by atoms with van der Waals surface area (Å²) in [6.45, 7) is 1.60. The van der Waals surface area contributed by atoms with Crippen LogP contribution in [0.4, 0.5) is 4.39 Å². The molecule has 0 fully saturated rings. The van der Waals surface area contributed by atoms with Gasteiger partial charge in [-0.2, -0.15) is 0 Å². The fourth-order valence-electron chi connectivity index (χ4n) is 1.50. The maximum Gasteiger partial charge on any atom is 0.354 e. The molecule has 18 heavy (non-hydrogen) atoms. The lowest BCUT2D eigenvalue weighted by Gasteiger charge is -2.06. The number of hydrogen-bond donors (Lipinski definition) is 1. The predicted molar refractivity (Wildman–Crippen MR) is 64.1 cm³/mol. The van der Waals surface area contributed by atoms with E-state index in [0.29, 0.717) is 5.69 Å². The highest BCUT2D eigenvalue weighted by Gasteiger charge is 2.15. The summed E-state index contributed by atoms with van der Waals surface area (Å²) in [5.74, 6) is -1.82. The molecule has 2 aromatic rings. The second kappa shape index (κ2) is 4.70. The minimum Gasteiger partial charge on any atom is -0.477 e. The predicted octanol–water partition coefficient (Wildman–Crippen LogP) is 2.94. The molecule has 0 spiro atoms. The Balaban J connectivity index is 2.68. The molecule has 1 heterocycles. The summed E-state index contributed by atoms with van der Waals surface area (Å²) in [7, 11) is 0. The van der Waals surface area contributed by atoms with Crippen LogP contribution in [0.25, 0.3) is 11.4 Å². The van der Waals surface area contributed by atoms with Crippen LogP contribution in [0.5, 0.6) is 0 Å². The molecule has 0 amide bonds. The summed E-state index contributed by atoms with van der Waals surface area (Å²) >= 11 is 5.88. The van der Waals surface area contributed by atoms with Crippen molar-refractivity contribution in [1.82, 2.24) is 9.97 Å². The summed E-state index contributed by atoms with van der Waals surface area (Å²) in [5, 5.41) is 9.04. The van der Waals surface area contributed by atoms with Crippen LogP contribution in [-0.2, 0) is 0 Å². The number of aryl methyl sites for hydroxylation is 1. The van der Waals surface area contributed by atoms with Crippen LogP contribution in [0.3, 0.4) is 0 Å². The van der Waals surface area contributed by atoms with Crippen molar-refractivity contribution >= 4 is 17.6 Å². The lowest BCUT2D eigenvalue weighted by Crippen LogP contribution is -2.05. The van der Waals surface area contributed by atoms with Crippen molar-refractivity contribution in [2.24, 2.45) is 0 Å². The van der Waals surface area contributed by atoms with Crippen LogP contribution in [0, 0.1) is 12.7 Å². The second-order valence-corrected chi connectivity index (χ2v) is 4.03. The van der Waals surface area contributed by atoms with E-state index in [-0.39, 0.29) is 22.1 Å². The van der Waals surface area contributed by atoms with E-state index in [9.17, 15) is 9.18 Å². The van der Waals surface area contributed by atoms with Gasteiger partial charge in [-0.25, -0.2) is 19.2 Å². The van der Waals surface area contributed by atoms with E-state index >= 15 is 0 Å². The first-order chi connectivity index (χ1) is 8.49. The van der Waals surface area contributed by atoms with Gasteiger partial charge in [0.1, 0.15) is 5.82 Å². The molecule has 0 bridgehead atoms. The quantitative estimate of drug-likeness (QED) is 0.908. The van der Waals surface area contributed by atoms with Crippen molar-refractivity contribution < 1.29 is 14.3 Å². The number of aromatic carboxylic acids is 1. The number of carboxylic acid groups (broad SMARTS) is 1. The number of benzene rings is 1. The van der Waals surface area contributed by atoms with Gasteiger partial charge in [-0.05, 0) is 25.1 Å². The molecule has 1 N–H and O–H groups in total. The molecule has 2 rings (SSSR count). The largest absolute Gasteiger partial charge is 0.477 e. The number of rotatable bonds is 2. The first-order valence-electron chi connectivity index (χ1n) is 5.02. The van der Waals surface area contributed by atoms with E-state index in [4.69, 9.17) is 16.7 Å². The van der Waals surface area contributed by atoms with Crippen LogP contribution in [-0.4, -0.2) is 21.0 Å². The van der Waals surface area contributed by atoms with Gasteiger partial charge in [0.25, 0.3) is 0 Å². The molecular formula is C12H8ClFN2O2. The van der Waals surface area contributed by atoms with Crippen LogP contribution in [0.15, 0.2) is 24.3 Å². The van der Waals surface area contributed by atoms with E-state index in [1.165, 1.54) is 24.3 Å². The van der Waals surface area contributed by atoms with E-state index < -0.39 is 11.8 Å². The van der Waals surface area contributed by atoms with Crippen LogP contribution in [0.2, 0.25) is 5.02 Å². The fourth-order valence-corrected chi connectivity index (χ4v) is 1.75. The van der Waals surface area contributed by atoms with Crippen LogP contribution < -0.4 is 0 Å². The maximum atomic E-state index is 13.7. The maximum absolute atomic E-state index is 13.7. The monoisotopic (exact) mass is 266 g/mol. The molecule has 0 radical (unpaired) electrons. The summed E-state index contributed by atoms with van der Waals surface area (Å²) in [4.78, 5) is 18.7. The minimum absolute atomic E-state index is 0.00497. The average Bonchev–Trinajstić information content (AvgIpc) is 2.28. The molecule has 0 atom stereocenters. The van der Waals surface area contributed by atoms with Crippen molar-refractivity contribution in [2.75, 3.05) is 0 Å². The Morgan fingerprint density at radius 1 is 1.39 bits per heavy atom. The summed E-state index contributed by atoms with van der Waals surface area (Å²) in [6.07, 6.45) is 0. The van der Waals surface area contributed by atoms with Gasteiger partial charge in [0.2, 0.25) is 0 Å². The molecule has 1 aromatic carbocycles. The van der Waals surface area contributed by atoms with E-state index in [2.05, 4.69) is 9.97 Å². The van der Waals surface area contributed by atoms with Gasteiger partial charge >= 0.3 is 5.97 Å². The first-order valence-corrected chi connectivity index (χ1v) is 5.40. The summed E-state index contributed by atoms with van der Waals surface area (Å²) < 4.78 is 13.7. The Hall–Kier alpha value is -2.01. The molecule has 1 aromatic heterocycles. The molecule has 0 aliphatic heterocycles. The number of carbonyl (C=O) groups is 1. The lowest BCUT2D eigenvalue weighted by atomic mass is 10.2. The Morgan fingerprint density at radius 2 is 2.11 bits per heavy atom. The van der Waals surface area contributed by atoms with Gasteiger partial charge in [-0.3, -0.25) is 0 Å². The normalized spacial score (nSPS) is 10.4. The Morgan fingerprint density at radius 3 is 2.72 bits per heavy atom. The smallest absolute Gasteiger partial charge is 0.354 e. The number of hydrogen-bond acceptors (Lipinski definition) is 3. The van der Waals surface area contributed by atoms with Crippen molar-refractivity contribution in [3.63, 3.8) is 0 Å². The topological polar surface area (TPSA) is 63.1 Å². The highest BCUT2D eigenvalue weighted by molar-refractivity contribution is 6.33.